The number of ether oxygens (including phenoxy) is 2. The topological polar surface area (TPSA) is 79.3 Å². The maximum atomic E-state index is 13.0. The van der Waals surface area contributed by atoms with Crippen molar-refractivity contribution in [1.29, 1.82) is 0 Å². The van der Waals surface area contributed by atoms with Crippen LogP contribution in [-0.4, -0.2) is 85.4 Å². The predicted octanol–water partition coefficient (Wildman–Crippen LogP) is 1.22. The molecule has 4 saturated heterocycles. The van der Waals surface area contributed by atoms with E-state index < -0.39 is 11.9 Å². The standard InChI is InChI=1S/C20H32N2O5/c23-18(15-1-9-26-10-2-15)22-13-17(19(24)25)20(14-22)5-7-21(8-6-20)16-3-11-27-12-4-16/h15-17H,1-14H2,(H,24,25). The van der Waals surface area contributed by atoms with Crippen molar-refractivity contribution >= 4 is 11.9 Å². The number of carboxylic acid groups (broad SMARTS) is 1. The SMILES string of the molecule is O=C(O)C1CN(C(=O)C2CCOCC2)CC12CCN(C1CCOCC1)CC2. The fourth-order valence-electron chi connectivity index (χ4n) is 5.57. The minimum absolute atomic E-state index is 0.00525. The van der Waals surface area contributed by atoms with Gasteiger partial charge in [0.05, 0.1) is 5.92 Å². The number of aliphatic carboxylic acids is 1. The molecule has 1 N–H and O–H groups in total. The molecule has 4 aliphatic heterocycles. The van der Waals surface area contributed by atoms with E-state index in [9.17, 15) is 14.7 Å². The summed E-state index contributed by atoms with van der Waals surface area (Å²) in [6, 6.07) is 0.570. The third-order valence-corrected chi connectivity index (χ3v) is 7.33. The Morgan fingerprint density at radius 3 is 2.11 bits per heavy atom. The molecule has 4 fully saturated rings. The van der Waals surface area contributed by atoms with Crippen molar-refractivity contribution in [3.05, 3.63) is 0 Å². The molecule has 1 unspecified atom stereocenters. The van der Waals surface area contributed by atoms with Gasteiger partial charge >= 0.3 is 5.97 Å². The molecule has 0 aromatic heterocycles. The Bertz CT molecular complexity index is 549. The number of hydrogen-bond acceptors (Lipinski definition) is 5. The minimum Gasteiger partial charge on any atom is -0.481 e. The van der Waals surface area contributed by atoms with Crippen molar-refractivity contribution in [3.8, 4) is 0 Å². The highest BCUT2D eigenvalue weighted by Crippen LogP contribution is 2.46. The van der Waals surface area contributed by atoms with E-state index in [2.05, 4.69) is 4.90 Å². The third kappa shape index (κ3) is 3.87. The monoisotopic (exact) mass is 380 g/mol. The molecule has 0 saturated carbocycles. The lowest BCUT2D eigenvalue weighted by Crippen LogP contribution is -2.50. The first-order valence-electron chi connectivity index (χ1n) is 10.5. The summed E-state index contributed by atoms with van der Waals surface area (Å²) < 4.78 is 10.8. The van der Waals surface area contributed by atoms with Crippen LogP contribution in [0.5, 0.6) is 0 Å². The van der Waals surface area contributed by atoms with Gasteiger partial charge in [0.2, 0.25) is 5.91 Å². The Hall–Kier alpha value is -1.18. The smallest absolute Gasteiger partial charge is 0.308 e. The number of nitrogens with zero attached hydrogens (tertiary/aromatic N) is 2. The van der Waals surface area contributed by atoms with Gasteiger partial charge in [-0.3, -0.25) is 9.59 Å². The molecule has 0 aliphatic carbocycles. The summed E-state index contributed by atoms with van der Waals surface area (Å²) in [6.07, 6.45) is 5.42. The van der Waals surface area contributed by atoms with Gasteiger partial charge in [-0.15, -0.1) is 0 Å². The highest BCUT2D eigenvalue weighted by molar-refractivity contribution is 5.81. The molecule has 1 spiro atoms. The van der Waals surface area contributed by atoms with Crippen molar-refractivity contribution < 1.29 is 24.2 Å². The highest BCUT2D eigenvalue weighted by atomic mass is 16.5. The Labute approximate surface area is 161 Å². The zero-order valence-corrected chi connectivity index (χ0v) is 16.1. The van der Waals surface area contributed by atoms with Gasteiger partial charge in [0, 0.05) is 56.9 Å². The van der Waals surface area contributed by atoms with Gasteiger partial charge in [-0.25, -0.2) is 0 Å². The fraction of sp³-hybridized carbons (Fsp3) is 0.900. The van der Waals surface area contributed by atoms with Crippen LogP contribution >= 0.6 is 0 Å². The van der Waals surface area contributed by atoms with Crippen LogP contribution in [0.4, 0.5) is 0 Å². The van der Waals surface area contributed by atoms with Crippen LogP contribution in [0, 0.1) is 17.3 Å². The van der Waals surface area contributed by atoms with E-state index in [0.29, 0.717) is 32.3 Å². The summed E-state index contributed by atoms with van der Waals surface area (Å²) in [5.41, 5.74) is -0.256. The predicted molar refractivity (Wildman–Crippen MR) is 98.3 cm³/mol. The van der Waals surface area contributed by atoms with Crippen molar-refractivity contribution in [2.24, 2.45) is 17.3 Å². The lowest BCUT2D eigenvalue weighted by Gasteiger charge is -2.45. The second-order valence-corrected chi connectivity index (χ2v) is 8.74. The normalized spacial score (nSPS) is 30.7. The van der Waals surface area contributed by atoms with E-state index >= 15 is 0 Å². The molecular weight excluding hydrogens is 348 g/mol. The molecule has 0 radical (unpaired) electrons. The molecule has 4 heterocycles. The van der Waals surface area contributed by atoms with E-state index in [4.69, 9.17) is 9.47 Å². The van der Waals surface area contributed by atoms with Crippen LogP contribution in [-0.2, 0) is 19.1 Å². The van der Waals surface area contributed by atoms with E-state index in [1.165, 1.54) is 0 Å². The largest absolute Gasteiger partial charge is 0.481 e. The molecule has 27 heavy (non-hydrogen) atoms. The van der Waals surface area contributed by atoms with Gasteiger partial charge in [-0.2, -0.15) is 0 Å². The van der Waals surface area contributed by atoms with Crippen molar-refractivity contribution in [1.82, 2.24) is 9.80 Å². The molecular formula is C20H32N2O5. The quantitative estimate of drug-likeness (QED) is 0.793. The first-order valence-corrected chi connectivity index (χ1v) is 10.5. The number of carbonyl (C=O) groups is 2. The lowest BCUT2D eigenvalue weighted by atomic mass is 9.70. The average Bonchev–Trinajstić information content (AvgIpc) is 3.08. The maximum absolute atomic E-state index is 13.0. The van der Waals surface area contributed by atoms with Gasteiger partial charge in [0.1, 0.15) is 0 Å². The zero-order chi connectivity index (χ0) is 18.9. The van der Waals surface area contributed by atoms with Crippen molar-refractivity contribution in [2.75, 3.05) is 52.6 Å². The molecule has 1 atom stereocenters. The minimum atomic E-state index is -0.739. The molecule has 152 valence electrons. The molecule has 1 amide bonds. The van der Waals surface area contributed by atoms with E-state index in [1.54, 1.807) is 0 Å². The van der Waals surface area contributed by atoms with Crippen LogP contribution in [0.3, 0.4) is 0 Å². The van der Waals surface area contributed by atoms with Crippen LogP contribution in [0.2, 0.25) is 0 Å². The van der Waals surface area contributed by atoms with Gasteiger partial charge in [0.15, 0.2) is 0 Å². The van der Waals surface area contributed by atoms with Crippen LogP contribution < -0.4 is 0 Å². The molecule has 4 rings (SSSR count). The van der Waals surface area contributed by atoms with E-state index in [0.717, 1.165) is 64.8 Å². The summed E-state index contributed by atoms with van der Waals surface area (Å²) in [6.45, 7) is 5.80. The van der Waals surface area contributed by atoms with Crippen LogP contribution in [0.1, 0.15) is 38.5 Å². The number of likely N-dealkylation sites (tertiary alicyclic amines) is 2. The van der Waals surface area contributed by atoms with E-state index in [-0.39, 0.29) is 17.2 Å². The second-order valence-electron chi connectivity index (χ2n) is 8.74. The summed E-state index contributed by atoms with van der Waals surface area (Å²) in [5, 5.41) is 9.87. The number of rotatable bonds is 3. The summed E-state index contributed by atoms with van der Waals surface area (Å²) in [7, 11) is 0. The lowest BCUT2D eigenvalue weighted by molar-refractivity contribution is -0.146. The Kier molecular flexibility index (Phi) is 5.71. The van der Waals surface area contributed by atoms with Crippen LogP contribution in [0.25, 0.3) is 0 Å². The Morgan fingerprint density at radius 1 is 0.926 bits per heavy atom. The fourth-order valence-corrected chi connectivity index (χ4v) is 5.57. The molecule has 7 heteroatoms. The van der Waals surface area contributed by atoms with Gasteiger partial charge in [0.25, 0.3) is 0 Å². The number of piperidine rings is 1. The molecule has 7 nitrogen and oxygen atoms in total. The number of carboxylic acids is 1. The first-order chi connectivity index (χ1) is 13.1. The molecule has 0 aromatic rings. The third-order valence-electron chi connectivity index (χ3n) is 7.33. The van der Waals surface area contributed by atoms with Gasteiger partial charge < -0.3 is 24.4 Å². The summed E-state index contributed by atoms with van der Waals surface area (Å²) >= 11 is 0. The Balaban J connectivity index is 1.41. The molecule has 4 aliphatic rings. The van der Waals surface area contributed by atoms with Crippen molar-refractivity contribution in [2.45, 2.75) is 44.6 Å². The number of hydrogen-bond donors (Lipinski definition) is 1. The average molecular weight is 380 g/mol. The Morgan fingerprint density at radius 2 is 1.52 bits per heavy atom. The number of amides is 1. The van der Waals surface area contributed by atoms with Crippen molar-refractivity contribution in [3.63, 3.8) is 0 Å². The second kappa shape index (κ2) is 8.05. The maximum Gasteiger partial charge on any atom is 0.308 e. The summed E-state index contributed by atoms with van der Waals surface area (Å²) in [5.74, 6) is -1.02. The molecule has 0 aromatic carbocycles. The zero-order valence-electron chi connectivity index (χ0n) is 16.1. The highest BCUT2D eigenvalue weighted by Gasteiger charge is 2.53. The van der Waals surface area contributed by atoms with E-state index in [1.807, 2.05) is 4.90 Å². The number of carbonyl (C=O) groups excluding carboxylic acids is 1. The van der Waals surface area contributed by atoms with Gasteiger partial charge in [-0.1, -0.05) is 0 Å². The van der Waals surface area contributed by atoms with Gasteiger partial charge in [-0.05, 0) is 51.6 Å². The first kappa shape index (κ1) is 19.2. The summed E-state index contributed by atoms with van der Waals surface area (Å²) in [4.78, 5) is 29.4. The molecule has 0 bridgehead atoms. The van der Waals surface area contributed by atoms with Crippen LogP contribution in [0.15, 0.2) is 0 Å².